The summed E-state index contributed by atoms with van der Waals surface area (Å²) >= 11 is 4.75. The Hall–Kier alpha value is -1.99. The van der Waals surface area contributed by atoms with E-state index in [1.54, 1.807) is 18.2 Å². The Bertz CT molecular complexity index is 746. The van der Waals surface area contributed by atoms with Gasteiger partial charge in [0.2, 0.25) is 0 Å². The highest BCUT2D eigenvalue weighted by Gasteiger charge is 2.18. The van der Waals surface area contributed by atoms with E-state index in [9.17, 15) is 12.8 Å². The van der Waals surface area contributed by atoms with Crippen LogP contribution in [0.5, 0.6) is 0 Å². The summed E-state index contributed by atoms with van der Waals surface area (Å²) in [5.74, 6) is -0.675. The van der Waals surface area contributed by atoms with Crippen molar-refractivity contribution in [1.82, 2.24) is 0 Å². The molecule has 0 atom stereocenters. The van der Waals surface area contributed by atoms with E-state index in [0.29, 0.717) is 0 Å². The standard InChI is InChI=1S/C13H11FN2O2S2/c14-10-7-4-8-11(12(10)13(15)19)16-20(17,18)9-5-2-1-3-6-9/h1-8,16H,(H2,15,19). The van der Waals surface area contributed by atoms with Gasteiger partial charge in [-0.3, -0.25) is 4.72 Å². The molecule has 0 amide bonds. The third kappa shape index (κ3) is 2.94. The Morgan fingerprint density at radius 2 is 1.75 bits per heavy atom. The summed E-state index contributed by atoms with van der Waals surface area (Å²) < 4.78 is 40.3. The van der Waals surface area contributed by atoms with Gasteiger partial charge in [0.25, 0.3) is 10.0 Å². The molecule has 0 aliphatic heterocycles. The largest absolute Gasteiger partial charge is 0.389 e. The molecule has 7 heteroatoms. The number of benzene rings is 2. The van der Waals surface area contributed by atoms with Crippen molar-refractivity contribution in [3.8, 4) is 0 Å². The number of rotatable bonds is 4. The van der Waals surface area contributed by atoms with Crippen LogP contribution in [0.15, 0.2) is 53.4 Å². The number of hydrogen-bond acceptors (Lipinski definition) is 3. The van der Waals surface area contributed by atoms with Crippen molar-refractivity contribution >= 4 is 32.9 Å². The van der Waals surface area contributed by atoms with Gasteiger partial charge in [-0.05, 0) is 24.3 Å². The molecule has 4 nitrogen and oxygen atoms in total. The molecular formula is C13H11FN2O2S2. The van der Waals surface area contributed by atoms with Crippen LogP contribution in [0.4, 0.5) is 10.1 Å². The lowest BCUT2D eigenvalue weighted by atomic mass is 10.2. The molecule has 104 valence electrons. The molecule has 0 aromatic heterocycles. The van der Waals surface area contributed by atoms with Crippen molar-refractivity contribution in [2.45, 2.75) is 4.90 Å². The fourth-order valence-corrected chi connectivity index (χ4v) is 2.96. The second-order valence-corrected chi connectivity index (χ2v) is 6.07. The Morgan fingerprint density at radius 3 is 2.35 bits per heavy atom. The molecule has 0 spiro atoms. The fourth-order valence-electron chi connectivity index (χ4n) is 1.66. The van der Waals surface area contributed by atoms with E-state index in [2.05, 4.69) is 4.72 Å². The zero-order chi connectivity index (χ0) is 14.8. The Labute approximate surface area is 121 Å². The third-order valence-corrected chi connectivity index (χ3v) is 4.14. The monoisotopic (exact) mass is 310 g/mol. The number of sulfonamides is 1. The summed E-state index contributed by atoms with van der Waals surface area (Å²) in [5.41, 5.74) is 5.32. The van der Waals surface area contributed by atoms with Gasteiger partial charge in [0.15, 0.2) is 0 Å². The molecule has 2 rings (SSSR count). The predicted octanol–water partition coefficient (Wildman–Crippen LogP) is 2.26. The predicted molar refractivity (Wildman–Crippen MR) is 79.5 cm³/mol. The molecule has 0 bridgehead atoms. The second-order valence-electron chi connectivity index (χ2n) is 3.95. The number of thiocarbonyl (C=S) groups is 1. The fraction of sp³-hybridized carbons (Fsp3) is 0. The molecule has 2 aromatic rings. The van der Waals surface area contributed by atoms with Crippen LogP contribution in [0, 0.1) is 5.82 Å². The smallest absolute Gasteiger partial charge is 0.261 e. The minimum Gasteiger partial charge on any atom is -0.389 e. The molecule has 3 N–H and O–H groups in total. The van der Waals surface area contributed by atoms with E-state index >= 15 is 0 Å². The van der Waals surface area contributed by atoms with Gasteiger partial charge in [-0.15, -0.1) is 0 Å². The minimum absolute atomic E-state index is 0.0151. The molecule has 0 aliphatic carbocycles. The van der Waals surface area contributed by atoms with Gasteiger partial charge < -0.3 is 5.73 Å². The summed E-state index contributed by atoms with van der Waals surface area (Å²) in [6.45, 7) is 0. The van der Waals surface area contributed by atoms with Crippen LogP contribution in [-0.2, 0) is 10.0 Å². The Kier molecular flexibility index (Phi) is 4.01. The maximum absolute atomic E-state index is 13.7. The Balaban J connectivity index is 2.46. The van der Waals surface area contributed by atoms with Gasteiger partial charge >= 0.3 is 0 Å². The maximum atomic E-state index is 13.7. The molecule has 20 heavy (non-hydrogen) atoms. The normalized spacial score (nSPS) is 11.1. The van der Waals surface area contributed by atoms with Gasteiger partial charge in [-0.1, -0.05) is 36.5 Å². The first-order chi connectivity index (χ1) is 9.42. The molecule has 0 saturated carbocycles. The number of nitrogens with two attached hydrogens (primary N) is 1. The zero-order valence-corrected chi connectivity index (χ0v) is 11.8. The van der Waals surface area contributed by atoms with E-state index in [4.69, 9.17) is 18.0 Å². The van der Waals surface area contributed by atoms with Crippen LogP contribution in [0.25, 0.3) is 0 Å². The summed E-state index contributed by atoms with van der Waals surface area (Å²) in [6, 6.07) is 11.7. The van der Waals surface area contributed by atoms with E-state index in [-0.39, 0.29) is 21.1 Å². The van der Waals surface area contributed by atoms with Crippen molar-refractivity contribution < 1.29 is 12.8 Å². The van der Waals surface area contributed by atoms with Gasteiger partial charge in [-0.25, -0.2) is 12.8 Å². The third-order valence-electron chi connectivity index (χ3n) is 2.56. The van der Waals surface area contributed by atoms with Gasteiger partial charge in [0, 0.05) is 0 Å². The lowest BCUT2D eigenvalue weighted by molar-refractivity contribution is 0.601. The summed E-state index contributed by atoms with van der Waals surface area (Å²) in [4.78, 5) is -0.146. The summed E-state index contributed by atoms with van der Waals surface area (Å²) in [5, 5.41) is 0. The lowest BCUT2D eigenvalue weighted by Crippen LogP contribution is -2.19. The summed E-state index contributed by atoms with van der Waals surface area (Å²) in [6.07, 6.45) is 0. The first-order valence-electron chi connectivity index (χ1n) is 5.58. The van der Waals surface area contributed by atoms with Gasteiger partial charge in [0.05, 0.1) is 16.1 Å². The molecule has 0 unspecified atom stereocenters. The molecule has 0 radical (unpaired) electrons. The number of hydrogen-bond donors (Lipinski definition) is 2. The number of anilines is 1. The first-order valence-corrected chi connectivity index (χ1v) is 7.47. The maximum Gasteiger partial charge on any atom is 0.261 e. The van der Waals surface area contributed by atoms with E-state index in [1.165, 1.54) is 24.3 Å². The van der Waals surface area contributed by atoms with Crippen LogP contribution in [-0.4, -0.2) is 13.4 Å². The molecule has 0 fully saturated rings. The number of halogens is 1. The SMILES string of the molecule is NC(=S)c1c(F)cccc1NS(=O)(=O)c1ccccc1. The van der Waals surface area contributed by atoms with Crippen molar-refractivity contribution in [1.29, 1.82) is 0 Å². The van der Waals surface area contributed by atoms with Gasteiger partial charge in [0.1, 0.15) is 10.8 Å². The van der Waals surface area contributed by atoms with Crippen LogP contribution in [0.2, 0.25) is 0 Å². The molecule has 0 aliphatic rings. The molecule has 2 aromatic carbocycles. The second kappa shape index (κ2) is 5.56. The van der Waals surface area contributed by atoms with Crippen LogP contribution in [0.1, 0.15) is 5.56 Å². The van der Waals surface area contributed by atoms with Crippen LogP contribution >= 0.6 is 12.2 Å². The topological polar surface area (TPSA) is 72.2 Å². The van der Waals surface area contributed by atoms with Crippen LogP contribution in [0.3, 0.4) is 0 Å². The minimum atomic E-state index is -3.82. The quantitative estimate of drug-likeness (QED) is 0.850. The van der Waals surface area contributed by atoms with Crippen molar-refractivity contribution in [2.75, 3.05) is 4.72 Å². The van der Waals surface area contributed by atoms with Crippen molar-refractivity contribution in [3.63, 3.8) is 0 Å². The van der Waals surface area contributed by atoms with E-state index < -0.39 is 15.8 Å². The molecule has 0 saturated heterocycles. The number of nitrogens with one attached hydrogen (secondary N) is 1. The highest BCUT2D eigenvalue weighted by Crippen LogP contribution is 2.22. The van der Waals surface area contributed by atoms with E-state index in [0.717, 1.165) is 6.07 Å². The zero-order valence-electron chi connectivity index (χ0n) is 10.2. The van der Waals surface area contributed by atoms with E-state index in [1.807, 2.05) is 0 Å². The lowest BCUT2D eigenvalue weighted by Gasteiger charge is -2.12. The highest BCUT2D eigenvalue weighted by atomic mass is 32.2. The first kappa shape index (κ1) is 14.4. The highest BCUT2D eigenvalue weighted by molar-refractivity contribution is 7.92. The van der Waals surface area contributed by atoms with Gasteiger partial charge in [-0.2, -0.15) is 0 Å². The average Bonchev–Trinajstić information content (AvgIpc) is 2.39. The van der Waals surface area contributed by atoms with Crippen molar-refractivity contribution in [2.24, 2.45) is 5.73 Å². The Morgan fingerprint density at radius 1 is 1.10 bits per heavy atom. The van der Waals surface area contributed by atoms with Crippen LogP contribution < -0.4 is 10.5 Å². The average molecular weight is 310 g/mol. The summed E-state index contributed by atoms with van der Waals surface area (Å²) in [7, 11) is -3.82. The molecule has 0 heterocycles. The van der Waals surface area contributed by atoms with Crippen molar-refractivity contribution in [3.05, 3.63) is 59.9 Å². The molecular weight excluding hydrogens is 299 g/mol.